The monoisotopic (exact) mass is 140 g/mol. The normalized spacial score (nSPS) is 13.8. The van der Waals surface area contributed by atoms with Gasteiger partial charge in [0, 0.05) is 0 Å². The number of hydrogen-bond acceptors (Lipinski definition) is 0. The Morgan fingerprint density at radius 3 is 1.44 bits per heavy atom. The van der Waals surface area contributed by atoms with Crippen molar-refractivity contribution in [3.05, 3.63) is 23.6 Å². The largest absolute Gasteiger partial charge is 0.0952 e. The molecule has 0 aromatic carbocycles. The summed E-state index contributed by atoms with van der Waals surface area (Å²) < 4.78 is 0. The summed E-state index contributed by atoms with van der Waals surface area (Å²) in [7, 11) is -1.06. The Morgan fingerprint density at radius 2 is 1.22 bits per heavy atom. The summed E-state index contributed by atoms with van der Waals surface area (Å²) in [4.78, 5) is 0. The highest BCUT2D eigenvalue weighted by atomic mass is 28.3. The van der Waals surface area contributed by atoms with Crippen LogP contribution in [0.1, 0.15) is 13.8 Å². The van der Waals surface area contributed by atoms with Crippen molar-refractivity contribution in [3.63, 3.8) is 0 Å². The molecule has 0 radical (unpaired) electrons. The zero-order chi connectivity index (χ0) is 7.33. The van der Waals surface area contributed by atoms with E-state index in [1.54, 1.807) is 0 Å². The Hall–Kier alpha value is -0.303. The van der Waals surface area contributed by atoms with E-state index >= 15 is 0 Å². The van der Waals surface area contributed by atoms with E-state index in [2.05, 4.69) is 50.5 Å². The molecule has 0 unspecified atom stereocenters. The second kappa shape index (κ2) is 3.67. The van der Waals surface area contributed by atoms with Gasteiger partial charge < -0.3 is 0 Å². The lowest BCUT2D eigenvalue weighted by molar-refractivity contribution is 1.69. The van der Waals surface area contributed by atoms with E-state index < -0.39 is 8.07 Å². The first-order valence-corrected chi connectivity index (χ1v) is 6.55. The second-order valence-electron chi connectivity index (χ2n) is 2.82. The Bertz CT molecular complexity index is 107. The van der Waals surface area contributed by atoms with Crippen molar-refractivity contribution in [1.82, 2.24) is 0 Å². The molecule has 1 heteroatoms. The Balaban J connectivity index is 4.01. The molecule has 0 saturated carbocycles. The minimum atomic E-state index is -1.06. The van der Waals surface area contributed by atoms with Gasteiger partial charge in [-0.2, -0.15) is 0 Å². The van der Waals surface area contributed by atoms with Crippen molar-refractivity contribution < 1.29 is 0 Å². The van der Waals surface area contributed by atoms with Crippen LogP contribution in [0.2, 0.25) is 13.1 Å². The maximum absolute atomic E-state index is 2.33. The van der Waals surface area contributed by atoms with Crippen LogP contribution in [-0.2, 0) is 0 Å². The molecule has 9 heavy (non-hydrogen) atoms. The zero-order valence-electron chi connectivity index (χ0n) is 6.81. The Morgan fingerprint density at radius 1 is 0.889 bits per heavy atom. The molecule has 0 aromatic heterocycles. The number of allylic oxidation sites excluding steroid dienone is 2. The molecule has 0 spiro atoms. The SMILES string of the molecule is C/C=C\[Si](C)(C)/C=C/C. The smallest absolute Gasteiger partial charge is 0.0947 e. The standard InChI is InChI=1S/C8H16Si/c1-5-7-9(3,4)8-6-2/h5-8H,1-4H3/b7-5-,8-6+. The zero-order valence-corrected chi connectivity index (χ0v) is 7.81. The van der Waals surface area contributed by atoms with Crippen LogP contribution in [0.15, 0.2) is 23.6 Å². The summed E-state index contributed by atoms with van der Waals surface area (Å²) in [5.41, 5.74) is 4.65. The second-order valence-corrected chi connectivity index (χ2v) is 7.13. The first-order valence-electron chi connectivity index (χ1n) is 3.40. The molecule has 0 atom stereocenters. The fourth-order valence-corrected chi connectivity index (χ4v) is 2.74. The highest BCUT2D eigenvalue weighted by Crippen LogP contribution is 2.04. The third-order valence-electron chi connectivity index (χ3n) is 1.19. The minimum Gasteiger partial charge on any atom is -0.0952 e. The fourth-order valence-electron chi connectivity index (χ4n) is 0.915. The summed E-state index contributed by atoms with van der Waals surface area (Å²) >= 11 is 0. The molecule has 0 rings (SSSR count). The van der Waals surface area contributed by atoms with Crippen LogP contribution < -0.4 is 0 Å². The van der Waals surface area contributed by atoms with Gasteiger partial charge in [0.1, 0.15) is 0 Å². The van der Waals surface area contributed by atoms with Crippen molar-refractivity contribution in [2.75, 3.05) is 0 Å². The van der Waals surface area contributed by atoms with Gasteiger partial charge in [0.25, 0.3) is 0 Å². The minimum absolute atomic E-state index is 1.06. The van der Waals surface area contributed by atoms with E-state index in [-0.39, 0.29) is 0 Å². The molecular weight excluding hydrogens is 124 g/mol. The summed E-state index contributed by atoms with van der Waals surface area (Å²) in [6.45, 7) is 8.82. The van der Waals surface area contributed by atoms with E-state index in [0.717, 1.165) is 0 Å². The molecule has 0 aliphatic rings. The Kier molecular flexibility index (Phi) is 3.55. The van der Waals surface area contributed by atoms with E-state index in [4.69, 9.17) is 0 Å². The van der Waals surface area contributed by atoms with Crippen molar-refractivity contribution in [3.8, 4) is 0 Å². The van der Waals surface area contributed by atoms with Crippen LogP contribution >= 0.6 is 0 Å². The van der Waals surface area contributed by atoms with Crippen LogP contribution in [0.4, 0.5) is 0 Å². The lowest BCUT2D eigenvalue weighted by Gasteiger charge is -2.09. The van der Waals surface area contributed by atoms with Crippen LogP contribution in [0.5, 0.6) is 0 Å². The third kappa shape index (κ3) is 4.22. The fraction of sp³-hybridized carbons (Fsp3) is 0.500. The van der Waals surface area contributed by atoms with Gasteiger partial charge in [0.15, 0.2) is 0 Å². The summed E-state index contributed by atoms with van der Waals surface area (Å²) in [5, 5.41) is 0. The molecule has 0 saturated heterocycles. The van der Waals surface area contributed by atoms with Crippen LogP contribution in [0, 0.1) is 0 Å². The van der Waals surface area contributed by atoms with E-state index in [9.17, 15) is 0 Å². The molecule has 0 heterocycles. The average Bonchev–Trinajstić information content (AvgIpc) is 1.64. The van der Waals surface area contributed by atoms with E-state index in [0.29, 0.717) is 0 Å². The highest BCUT2D eigenvalue weighted by Gasteiger charge is 2.09. The molecule has 0 bridgehead atoms. The first-order chi connectivity index (χ1) is 4.12. The quantitative estimate of drug-likeness (QED) is 0.517. The molecule has 0 aliphatic carbocycles. The van der Waals surface area contributed by atoms with Crippen molar-refractivity contribution in [2.24, 2.45) is 0 Å². The van der Waals surface area contributed by atoms with Gasteiger partial charge in [-0.3, -0.25) is 0 Å². The molecule has 0 fully saturated rings. The maximum atomic E-state index is 2.33. The van der Waals surface area contributed by atoms with Crippen molar-refractivity contribution in [1.29, 1.82) is 0 Å². The molecular formula is C8H16Si. The van der Waals surface area contributed by atoms with E-state index in [1.165, 1.54) is 0 Å². The van der Waals surface area contributed by atoms with Crippen LogP contribution in [-0.4, -0.2) is 8.07 Å². The van der Waals surface area contributed by atoms with Crippen molar-refractivity contribution in [2.45, 2.75) is 26.9 Å². The summed E-state index contributed by atoms with van der Waals surface area (Å²) in [6, 6.07) is 0. The lowest BCUT2D eigenvalue weighted by atomic mass is 10.8. The van der Waals surface area contributed by atoms with Crippen LogP contribution in [0.3, 0.4) is 0 Å². The summed E-state index contributed by atoms with van der Waals surface area (Å²) in [5.74, 6) is 0. The number of hydrogen-bond donors (Lipinski definition) is 0. The molecule has 0 nitrogen and oxygen atoms in total. The lowest BCUT2D eigenvalue weighted by Crippen LogP contribution is -2.18. The molecule has 0 amide bonds. The van der Waals surface area contributed by atoms with Gasteiger partial charge in [-0.15, -0.1) is 0 Å². The van der Waals surface area contributed by atoms with Gasteiger partial charge in [-0.05, 0) is 13.8 Å². The van der Waals surface area contributed by atoms with Gasteiger partial charge in [-0.1, -0.05) is 36.6 Å². The van der Waals surface area contributed by atoms with Crippen LogP contribution in [0.25, 0.3) is 0 Å². The average molecular weight is 140 g/mol. The van der Waals surface area contributed by atoms with E-state index in [1.807, 2.05) is 0 Å². The maximum Gasteiger partial charge on any atom is 0.0947 e. The molecule has 0 aliphatic heterocycles. The molecule has 0 N–H and O–H groups in total. The predicted molar refractivity (Wildman–Crippen MR) is 47.1 cm³/mol. The van der Waals surface area contributed by atoms with Gasteiger partial charge >= 0.3 is 0 Å². The first kappa shape index (κ1) is 8.70. The Labute approximate surface area is 59.3 Å². The van der Waals surface area contributed by atoms with Gasteiger partial charge in [-0.25, -0.2) is 0 Å². The van der Waals surface area contributed by atoms with Crippen molar-refractivity contribution >= 4 is 8.07 Å². The van der Waals surface area contributed by atoms with Gasteiger partial charge in [0.05, 0.1) is 8.07 Å². The summed E-state index contributed by atoms with van der Waals surface area (Å²) in [6.07, 6.45) is 4.29. The topological polar surface area (TPSA) is 0 Å². The van der Waals surface area contributed by atoms with Gasteiger partial charge in [0.2, 0.25) is 0 Å². The number of rotatable bonds is 2. The molecule has 0 aromatic rings. The predicted octanol–water partition coefficient (Wildman–Crippen LogP) is 2.93. The highest BCUT2D eigenvalue weighted by molar-refractivity contribution is 6.86. The molecule has 52 valence electrons. The third-order valence-corrected chi connectivity index (χ3v) is 3.58.